The lowest BCUT2D eigenvalue weighted by molar-refractivity contribution is 0.417. The van der Waals surface area contributed by atoms with E-state index in [1.165, 1.54) is 17.5 Å². The lowest BCUT2D eigenvalue weighted by atomic mass is 10.0. The Labute approximate surface area is 138 Å². The van der Waals surface area contributed by atoms with Gasteiger partial charge in [-0.1, -0.05) is 53.5 Å². The molecule has 0 saturated carbocycles. The van der Waals surface area contributed by atoms with Crippen LogP contribution in [0.5, 0.6) is 11.5 Å². The van der Waals surface area contributed by atoms with Gasteiger partial charge >= 0.3 is 0 Å². The van der Waals surface area contributed by atoms with Crippen LogP contribution in [0.25, 0.3) is 0 Å². The monoisotopic (exact) mass is 322 g/mol. The number of hydrogen-bond acceptors (Lipinski definition) is 2. The number of rotatable bonds is 7. The minimum absolute atomic E-state index is 0.129. The van der Waals surface area contributed by atoms with Crippen molar-refractivity contribution in [1.29, 1.82) is 0 Å². The summed E-state index contributed by atoms with van der Waals surface area (Å²) in [5.74, 6) is 1.05. The molecule has 0 aliphatic rings. The fourth-order valence-corrected chi connectivity index (χ4v) is 3.30. The van der Waals surface area contributed by atoms with E-state index in [0.717, 1.165) is 31.4 Å². The summed E-state index contributed by atoms with van der Waals surface area (Å²) in [6.07, 6.45) is 5.38. The van der Waals surface area contributed by atoms with Crippen molar-refractivity contribution in [3.05, 3.63) is 23.3 Å². The van der Waals surface area contributed by atoms with Crippen LogP contribution in [0.3, 0.4) is 0 Å². The third kappa shape index (κ3) is 4.77. The topological polar surface area (TPSA) is 29.5 Å². The van der Waals surface area contributed by atoms with Crippen molar-refractivity contribution in [1.82, 2.24) is 0 Å². The Kier molecular flexibility index (Phi) is 6.54. The molecule has 1 rings (SSSR count). The number of phenolic OH excluding ortho intramolecular Hbond substituents is 1. The van der Waals surface area contributed by atoms with Gasteiger partial charge in [0.05, 0.1) is 0 Å². The summed E-state index contributed by atoms with van der Waals surface area (Å²) in [6, 6.07) is 4.14. The fourth-order valence-electron chi connectivity index (χ4n) is 2.24. The minimum Gasteiger partial charge on any atom is -0.541 e. The zero-order valence-electron chi connectivity index (χ0n) is 15.5. The number of phenols is 1. The van der Waals surface area contributed by atoms with E-state index in [1.54, 1.807) is 0 Å². The summed E-state index contributed by atoms with van der Waals surface area (Å²) >= 11 is 0. The van der Waals surface area contributed by atoms with Gasteiger partial charge in [-0.3, -0.25) is 0 Å². The molecular formula is C19H34O2Si. The zero-order valence-corrected chi connectivity index (χ0v) is 16.5. The average molecular weight is 323 g/mol. The second kappa shape index (κ2) is 7.54. The Bertz CT molecular complexity index is 487. The molecule has 0 heterocycles. The molecular weight excluding hydrogens is 288 g/mol. The molecule has 0 atom stereocenters. The quantitative estimate of drug-likeness (QED) is 0.617. The van der Waals surface area contributed by atoms with Crippen molar-refractivity contribution in [2.45, 2.75) is 84.9 Å². The SMILES string of the molecule is CCCCc1cc(O)c(O[Si](C)(C)C(C)(C)C)c(CCC)c1. The van der Waals surface area contributed by atoms with Gasteiger partial charge in [0.2, 0.25) is 0 Å². The minimum atomic E-state index is -1.94. The van der Waals surface area contributed by atoms with Crippen molar-refractivity contribution in [2.24, 2.45) is 0 Å². The van der Waals surface area contributed by atoms with Crippen LogP contribution in [0.4, 0.5) is 0 Å². The largest absolute Gasteiger partial charge is 0.541 e. The molecule has 0 spiro atoms. The van der Waals surface area contributed by atoms with Gasteiger partial charge in [-0.15, -0.1) is 0 Å². The maximum absolute atomic E-state index is 10.5. The van der Waals surface area contributed by atoms with E-state index in [4.69, 9.17) is 4.43 Å². The number of aryl methyl sites for hydroxylation is 2. The van der Waals surface area contributed by atoms with Crippen LogP contribution in [0.1, 0.15) is 65.0 Å². The number of benzene rings is 1. The van der Waals surface area contributed by atoms with E-state index in [9.17, 15) is 5.11 Å². The molecule has 0 bridgehead atoms. The van der Waals surface area contributed by atoms with Gasteiger partial charge in [-0.05, 0) is 54.6 Å². The van der Waals surface area contributed by atoms with E-state index in [2.05, 4.69) is 53.8 Å². The van der Waals surface area contributed by atoms with E-state index in [0.29, 0.717) is 5.75 Å². The lowest BCUT2D eigenvalue weighted by Gasteiger charge is -2.37. The van der Waals surface area contributed by atoms with Crippen LogP contribution in [-0.4, -0.2) is 13.4 Å². The van der Waals surface area contributed by atoms with Crippen LogP contribution >= 0.6 is 0 Å². The summed E-state index contributed by atoms with van der Waals surface area (Å²) in [5, 5.41) is 10.7. The molecule has 0 unspecified atom stereocenters. The van der Waals surface area contributed by atoms with Crippen molar-refractivity contribution >= 4 is 8.32 Å². The Morgan fingerprint density at radius 2 is 1.68 bits per heavy atom. The first-order valence-electron chi connectivity index (χ1n) is 8.66. The predicted molar refractivity (Wildman–Crippen MR) is 98.5 cm³/mol. The van der Waals surface area contributed by atoms with Gasteiger partial charge in [-0.2, -0.15) is 0 Å². The van der Waals surface area contributed by atoms with Gasteiger partial charge < -0.3 is 9.53 Å². The molecule has 0 aliphatic carbocycles. The molecule has 126 valence electrons. The van der Waals surface area contributed by atoms with Gasteiger partial charge in [0, 0.05) is 0 Å². The van der Waals surface area contributed by atoms with Crippen LogP contribution in [-0.2, 0) is 12.8 Å². The highest BCUT2D eigenvalue weighted by atomic mass is 28.4. The van der Waals surface area contributed by atoms with Gasteiger partial charge in [0.1, 0.15) is 5.75 Å². The molecule has 1 aromatic carbocycles. The normalized spacial score (nSPS) is 12.5. The molecule has 0 fully saturated rings. The highest BCUT2D eigenvalue weighted by molar-refractivity contribution is 6.74. The van der Waals surface area contributed by atoms with Gasteiger partial charge in [-0.25, -0.2) is 0 Å². The smallest absolute Gasteiger partial charge is 0.250 e. The first-order chi connectivity index (χ1) is 10.1. The summed E-state index contributed by atoms with van der Waals surface area (Å²) in [6.45, 7) is 15.5. The summed E-state index contributed by atoms with van der Waals surface area (Å²) in [4.78, 5) is 0. The molecule has 2 nitrogen and oxygen atoms in total. The Hall–Kier alpha value is -0.963. The number of hydrogen-bond donors (Lipinski definition) is 1. The molecule has 0 radical (unpaired) electrons. The first-order valence-corrected chi connectivity index (χ1v) is 11.6. The predicted octanol–water partition coefficient (Wildman–Crippen LogP) is 6.07. The van der Waals surface area contributed by atoms with Crippen LogP contribution in [0, 0.1) is 0 Å². The van der Waals surface area contributed by atoms with E-state index in [1.807, 2.05) is 6.07 Å². The Morgan fingerprint density at radius 3 is 2.18 bits per heavy atom. The number of aromatic hydroxyl groups is 1. The van der Waals surface area contributed by atoms with Crippen molar-refractivity contribution in [3.63, 3.8) is 0 Å². The molecule has 0 saturated heterocycles. The molecule has 0 aliphatic heterocycles. The zero-order chi connectivity index (χ0) is 17.0. The fraction of sp³-hybridized carbons (Fsp3) is 0.684. The molecule has 0 amide bonds. The number of unbranched alkanes of at least 4 members (excludes halogenated alkanes) is 1. The maximum Gasteiger partial charge on any atom is 0.250 e. The standard InChI is InChI=1S/C19H34O2Si/c1-8-10-12-15-13-16(11-9-2)18(17(20)14-15)21-22(6,7)19(3,4)5/h13-14,20H,8-12H2,1-7H3. The van der Waals surface area contributed by atoms with Crippen LogP contribution in [0.15, 0.2) is 12.1 Å². The van der Waals surface area contributed by atoms with Crippen LogP contribution in [0.2, 0.25) is 18.1 Å². The van der Waals surface area contributed by atoms with Crippen LogP contribution < -0.4 is 4.43 Å². The van der Waals surface area contributed by atoms with Crippen molar-refractivity contribution < 1.29 is 9.53 Å². The Morgan fingerprint density at radius 1 is 1.05 bits per heavy atom. The second-order valence-corrected chi connectivity index (χ2v) is 12.5. The lowest BCUT2D eigenvalue weighted by Crippen LogP contribution is -2.44. The Balaban J connectivity index is 3.17. The highest BCUT2D eigenvalue weighted by Gasteiger charge is 2.40. The first kappa shape index (κ1) is 19.1. The highest BCUT2D eigenvalue weighted by Crippen LogP contribution is 2.42. The maximum atomic E-state index is 10.5. The molecule has 1 aromatic rings. The second-order valence-electron chi connectivity index (χ2n) is 7.82. The van der Waals surface area contributed by atoms with Gasteiger partial charge in [0.25, 0.3) is 8.32 Å². The van der Waals surface area contributed by atoms with E-state index >= 15 is 0 Å². The van der Waals surface area contributed by atoms with E-state index in [-0.39, 0.29) is 5.04 Å². The molecule has 1 N–H and O–H groups in total. The average Bonchev–Trinajstić information content (AvgIpc) is 2.39. The van der Waals surface area contributed by atoms with Gasteiger partial charge in [0.15, 0.2) is 5.75 Å². The van der Waals surface area contributed by atoms with E-state index < -0.39 is 8.32 Å². The van der Waals surface area contributed by atoms with Crippen molar-refractivity contribution in [3.8, 4) is 11.5 Å². The third-order valence-corrected chi connectivity index (χ3v) is 9.03. The summed E-state index contributed by atoms with van der Waals surface area (Å²) < 4.78 is 6.43. The summed E-state index contributed by atoms with van der Waals surface area (Å²) in [5.41, 5.74) is 2.39. The van der Waals surface area contributed by atoms with Crippen molar-refractivity contribution in [2.75, 3.05) is 0 Å². The molecule has 0 aromatic heterocycles. The summed E-state index contributed by atoms with van der Waals surface area (Å²) in [7, 11) is -1.94. The molecule has 22 heavy (non-hydrogen) atoms. The molecule has 3 heteroatoms. The third-order valence-electron chi connectivity index (χ3n) is 4.71.